The summed E-state index contributed by atoms with van der Waals surface area (Å²) in [5, 5.41) is 15.7. The van der Waals surface area contributed by atoms with E-state index in [1.165, 1.54) is 6.33 Å². The lowest BCUT2D eigenvalue weighted by atomic mass is 10.2. The second-order valence-corrected chi connectivity index (χ2v) is 6.24. The zero-order chi connectivity index (χ0) is 20.2. The second kappa shape index (κ2) is 7.89. The zero-order valence-electron chi connectivity index (χ0n) is 15.6. The number of hydrogen-bond donors (Lipinski definition) is 1. The van der Waals surface area contributed by atoms with Crippen molar-refractivity contribution in [3.8, 4) is 11.6 Å². The third-order valence-electron chi connectivity index (χ3n) is 4.40. The van der Waals surface area contributed by atoms with Crippen molar-refractivity contribution < 1.29 is 9.66 Å². The predicted octanol–water partition coefficient (Wildman–Crippen LogP) is 5.03. The summed E-state index contributed by atoms with van der Waals surface area (Å²) in [4.78, 5) is 23.6. The van der Waals surface area contributed by atoms with Crippen LogP contribution in [-0.2, 0) is 6.42 Å². The number of nitrogens with zero attached hydrogens (tertiary/aromatic N) is 4. The fourth-order valence-electron chi connectivity index (χ4n) is 2.93. The molecule has 8 nitrogen and oxygen atoms in total. The van der Waals surface area contributed by atoms with Gasteiger partial charge in [0.25, 0.3) is 0 Å². The number of ether oxygens (including phenoxy) is 1. The van der Waals surface area contributed by atoms with Gasteiger partial charge in [-0.15, -0.1) is 0 Å². The number of nitrogens with one attached hydrogen (secondary N) is 1. The number of hydrogen-bond acceptors (Lipinski definition) is 7. The van der Waals surface area contributed by atoms with E-state index in [1.807, 2.05) is 43.3 Å². The molecule has 1 N–H and O–H groups in total. The van der Waals surface area contributed by atoms with Crippen LogP contribution >= 0.6 is 0 Å². The molecule has 0 aliphatic carbocycles. The highest BCUT2D eigenvalue weighted by atomic mass is 16.6. The third-order valence-corrected chi connectivity index (χ3v) is 4.40. The quantitative estimate of drug-likeness (QED) is 0.365. The summed E-state index contributed by atoms with van der Waals surface area (Å²) in [5.41, 5.74) is 2.07. The normalized spacial score (nSPS) is 10.7. The van der Waals surface area contributed by atoms with Crippen molar-refractivity contribution in [2.75, 3.05) is 5.32 Å². The van der Waals surface area contributed by atoms with Gasteiger partial charge in [-0.3, -0.25) is 15.1 Å². The van der Waals surface area contributed by atoms with Crippen LogP contribution in [0.3, 0.4) is 0 Å². The van der Waals surface area contributed by atoms with Crippen LogP contribution in [0.4, 0.5) is 17.2 Å². The van der Waals surface area contributed by atoms with Crippen molar-refractivity contribution in [2.45, 2.75) is 13.3 Å². The van der Waals surface area contributed by atoms with Crippen molar-refractivity contribution in [1.82, 2.24) is 15.0 Å². The van der Waals surface area contributed by atoms with Gasteiger partial charge >= 0.3 is 11.6 Å². The van der Waals surface area contributed by atoms with E-state index >= 15 is 0 Å². The van der Waals surface area contributed by atoms with Gasteiger partial charge in [-0.1, -0.05) is 37.3 Å². The number of fused-ring (bicyclic) bond motifs is 1. The Kier molecular flexibility index (Phi) is 4.98. The molecule has 0 amide bonds. The van der Waals surface area contributed by atoms with Crippen LogP contribution in [0.15, 0.2) is 67.1 Å². The van der Waals surface area contributed by atoms with Gasteiger partial charge in [0.05, 0.1) is 16.1 Å². The number of anilines is 2. The molecular weight excluding hydrogens is 370 g/mol. The lowest BCUT2D eigenvalue weighted by Crippen LogP contribution is -2.04. The summed E-state index contributed by atoms with van der Waals surface area (Å²) in [6.45, 7) is 2.05. The SMILES string of the molecule is CCc1ccc(Oc2ncnc(Nc3cccc4cccnc34)c2[N+](=O)[O-])cc1. The molecule has 0 aliphatic heterocycles. The average Bonchev–Trinajstić information content (AvgIpc) is 2.74. The van der Waals surface area contributed by atoms with Crippen LogP contribution in [0, 0.1) is 10.1 Å². The van der Waals surface area contributed by atoms with Crippen LogP contribution in [-0.4, -0.2) is 19.9 Å². The van der Waals surface area contributed by atoms with E-state index in [-0.39, 0.29) is 17.4 Å². The van der Waals surface area contributed by atoms with Gasteiger partial charge in [-0.25, -0.2) is 4.98 Å². The topological polar surface area (TPSA) is 103 Å². The number of aromatic nitrogens is 3. The van der Waals surface area contributed by atoms with Crippen LogP contribution in [0.5, 0.6) is 11.6 Å². The second-order valence-electron chi connectivity index (χ2n) is 6.24. The van der Waals surface area contributed by atoms with Gasteiger partial charge < -0.3 is 10.1 Å². The molecule has 2 heterocycles. The Morgan fingerprint density at radius 1 is 1.03 bits per heavy atom. The first-order valence-electron chi connectivity index (χ1n) is 9.02. The van der Waals surface area contributed by atoms with E-state index in [9.17, 15) is 10.1 Å². The molecule has 29 heavy (non-hydrogen) atoms. The average molecular weight is 387 g/mol. The first-order valence-corrected chi connectivity index (χ1v) is 9.02. The molecule has 0 aliphatic rings. The molecule has 0 atom stereocenters. The summed E-state index contributed by atoms with van der Waals surface area (Å²) < 4.78 is 5.69. The van der Waals surface area contributed by atoms with Gasteiger partial charge in [-0.2, -0.15) is 4.98 Å². The fourth-order valence-corrected chi connectivity index (χ4v) is 2.93. The van der Waals surface area contributed by atoms with E-state index in [1.54, 1.807) is 24.4 Å². The van der Waals surface area contributed by atoms with Gasteiger partial charge in [-0.05, 0) is 36.2 Å². The van der Waals surface area contributed by atoms with Crippen molar-refractivity contribution in [3.05, 3.63) is 82.8 Å². The maximum atomic E-state index is 11.8. The molecule has 8 heteroatoms. The Morgan fingerprint density at radius 3 is 2.59 bits per heavy atom. The summed E-state index contributed by atoms with van der Waals surface area (Å²) in [7, 11) is 0. The Hall–Kier alpha value is -4.07. The van der Waals surface area contributed by atoms with Gasteiger partial charge in [0.1, 0.15) is 12.1 Å². The minimum absolute atomic E-state index is 0.0309. The van der Waals surface area contributed by atoms with E-state index in [0.717, 1.165) is 17.4 Å². The van der Waals surface area contributed by atoms with Gasteiger partial charge in [0, 0.05) is 11.6 Å². The molecular formula is C21H17N5O3. The molecule has 0 fully saturated rings. The smallest absolute Gasteiger partial charge is 0.373 e. The van der Waals surface area contributed by atoms with Crippen molar-refractivity contribution in [2.24, 2.45) is 0 Å². The molecule has 144 valence electrons. The van der Waals surface area contributed by atoms with Gasteiger partial charge in [0.15, 0.2) is 0 Å². The Morgan fingerprint density at radius 2 is 1.83 bits per heavy atom. The number of benzene rings is 2. The van der Waals surface area contributed by atoms with Gasteiger partial charge in [0.2, 0.25) is 5.82 Å². The van der Waals surface area contributed by atoms with E-state index < -0.39 is 4.92 Å². The molecule has 0 saturated heterocycles. The third kappa shape index (κ3) is 3.81. The summed E-state index contributed by atoms with van der Waals surface area (Å²) in [6, 6.07) is 16.6. The van der Waals surface area contributed by atoms with E-state index in [4.69, 9.17) is 4.74 Å². The van der Waals surface area contributed by atoms with E-state index in [2.05, 4.69) is 20.3 Å². The Balaban J connectivity index is 1.72. The number of pyridine rings is 1. The standard InChI is InChI=1S/C21H17N5O3/c1-2-14-8-10-16(11-9-14)29-21-19(26(27)28)20(23-13-24-21)25-17-7-3-5-15-6-4-12-22-18(15)17/h3-13H,2H2,1H3,(H,23,24,25). The first-order chi connectivity index (χ1) is 14.2. The summed E-state index contributed by atoms with van der Waals surface area (Å²) in [6.07, 6.45) is 3.78. The number of nitro groups is 1. The largest absolute Gasteiger partial charge is 0.434 e. The van der Waals surface area contributed by atoms with Crippen molar-refractivity contribution in [1.29, 1.82) is 0 Å². The molecule has 4 aromatic rings. The fraction of sp³-hybridized carbons (Fsp3) is 0.0952. The molecule has 0 radical (unpaired) electrons. The minimum Gasteiger partial charge on any atom is -0.434 e. The summed E-state index contributed by atoms with van der Waals surface area (Å²) >= 11 is 0. The number of rotatable bonds is 6. The van der Waals surface area contributed by atoms with Crippen molar-refractivity contribution >= 4 is 28.1 Å². The predicted molar refractivity (Wildman–Crippen MR) is 110 cm³/mol. The minimum atomic E-state index is -0.559. The van der Waals surface area contributed by atoms with Crippen LogP contribution in [0.1, 0.15) is 12.5 Å². The zero-order valence-corrected chi connectivity index (χ0v) is 15.6. The lowest BCUT2D eigenvalue weighted by molar-refractivity contribution is -0.385. The Bertz CT molecular complexity index is 1170. The summed E-state index contributed by atoms with van der Waals surface area (Å²) in [5.74, 6) is 0.357. The molecule has 0 spiro atoms. The first kappa shape index (κ1) is 18.3. The molecule has 2 aromatic heterocycles. The molecule has 2 aromatic carbocycles. The van der Waals surface area contributed by atoms with Crippen LogP contribution in [0.25, 0.3) is 10.9 Å². The molecule has 4 rings (SSSR count). The number of aryl methyl sites for hydroxylation is 1. The molecule has 0 bridgehead atoms. The highest BCUT2D eigenvalue weighted by Crippen LogP contribution is 2.36. The monoisotopic (exact) mass is 387 g/mol. The maximum Gasteiger partial charge on any atom is 0.373 e. The Labute approximate surface area is 166 Å². The molecule has 0 unspecified atom stereocenters. The lowest BCUT2D eigenvalue weighted by Gasteiger charge is -2.11. The van der Waals surface area contributed by atoms with Crippen molar-refractivity contribution in [3.63, 3.8) is 0 Å². The van der Waals surface area contributed by atoms with Crippen LogP contribution in [0.2, 0.25) is 0 Å². The molecule has 0 saturated carbocycles. The van der Waals surface area contributed by atoms with Crippen LogP contribution < -0.4 is 10.1 Å². The highest BCUT2D eigenvalue weighted by Gasteiger charge is 2.25. The highest BCUT2D eigenvalue weighted by molar-refractivity contribution is 5.92. The maximum absolute atomic E-state index is 11.8. The van der Waals surface area contributed by atoms with E-state index in [0.29, 0.717) is 17.0 Å². The number of para-hydroxylation sites is 1.